The molecule has 0 spiro atoms. The second kappa shape index (κ2) is 10.9. The molecular weight excluding hydrogens is 390 g/mol. The largest absolute Gasteiger partial charge is 0.356 e. The number of aryl methyl sites for hydroxylation is 1. The first-order valence-electron chi connectivity index (χ1n) is 11.8. The highest BCUT2D eigenvalue weighted by molar-refractivity contribution is 5.78. The van der Waals surface area contributed by atoms with Crippen molar-refractivity contribution >= 4 is 5.91 Å². The Morgan fingerprint density at radius 3 is 2.84 bits per heavy atom. The van der Waals surface area contributed by atoms with Gasteiger partial charge in [-0.15, -0.1) is 0 Å². The fourth-order valence-electron chi connectivity index (χ4n) is 4.67. The first-order chi connectivity index (χ1) is 15.2. The molecule has 1 N–H and O–H groups in total. The number of hydrogen-bond donors (Lipinski definition) is 1. The minimum absolute atomic E-state index is 0.0444. The topological polar surface area (TPSA) is 74.5 Å². The molecule has 0 radical (unpaired) electrons. The molecule has 2 aliphatic rings. The zero-order valence-electron chi connectivity index (χ0n) is 18.7. The molecule has 0 saturated carbocycles. The van der Waals surface area contributed by atoms with Crippen molar-refractivity contribution in [1.29, 1.82) is 0 Å². The van der Waals surface area contributed by atoms with E-state index < -0.39 is 0 Å². The highest BCUT2D eigenvalue weighted by Crippen LogP contribution is 2.21. The monoisotopic (exact) mass is 425 g/mol. The highest BCUT2D eigenvalue weighted by atomic mass is 16.5. The second-order valence-electron chi connectivity index (χ2n) is 9.00. The molecule has 1 unspecified atom stereocenters. The summed E-state index contributed by atoms with van der Waals surface area (Å²) in [4.78, 5) is 22.0. The third-order valence-electron chi connectivity index (χ3n) is 6.38. The molecule has 2 saturated heterocycles. The number of hydrogen-bond acceptors (Lipinski definition) is 6. The molecule has 168 valence electrons. The van der Waals surface area contributed by atoms with Crippen molar-refractivity contribution in [1.82, 2.24) is 25.3 Å². The number of carbonyl (C=O) groups excluding carboxylic acids is 1. The lowest BCUT2D eigenvalue weighted by molar-refractivity contribution is -0.126. The summed E-state index contributed by atoms with van der Waals surface area (Å²) in [5, 5.41) is 7.30. The zero-order chi connectivity index (χ0) is 21.5. The molecule has 2 aliphatic heterocycles. The summed E-state index contributed by atoms with van der Waals surface area (Å²) in [6.45, 7) is 8.65. The van der Waals surface area contributed by atoms with Crippen molar-refractivity contribution in [3.05, 3.63) is 35.7 Å². The zero-order valence-corrected chi connectivity index (χ0v) is 18.7. The molecule has 3 heterocycles. The summed E-state index contributed by atoms with van der Waals surface area (Å²) >= 11 is 0. The third-order valence-corrected chi connectivity index (χ3v) is 6.38. The van der Waals surface area contributed by atoms with Crippen LogP contribution in [-0.2, 0) is 11.3 Å². The normalized spacial score (nSPS) is 20.6. The minimum Gasteiger partial charge on any atom is -0.356 e. The van der Waals surface area contributed by atoms with Crippen LogP contribution in [0.3, 0.4) is 0 Å². The molecule has 2 fully saturated rings. The van der Waals surface area contributed by atoms with Crippen molar-refractivity contribution in [2.75, 3.05) is 39.3 Å². The Morgan fingerprint density at radius 2 is 2.00 bits per heavy atom. The Hall–Kier alpha value is -2.25. The number of nitrogens with one attached hydrogen (secondary N) is 1. The molecule has 1 atom stereocenters. The number of amides is 1. The molecule has 7 nitrogen and oxygen atoms in total. The van der Waals surface area contributed by atoms with E-state index >= 15 is 0 Å². The van der Waals surface area contributed by atoms with Crippen molar-refractivity contribution in [2.45, 2.75) is 52.0 Å². The van der Waals surface area contributed by atoms with Crippen molar-refractivity contribution in [3.8, 4) is 11.4 Å². The Bertz CT molecular complexity index is 846. The van der Waals surface area contributed by atoms with Gasteiger partial charge in [-0.25, -0.2) is 0 Å². The predicted molar refractivity (Wildman–Crippen MR) is 120 cm³/mol. The molecule has 7 heteroatoms. The van der Waals surface area contributed by atoms with Crippen molar-refractivity contribution < 1.29 is 9.32 Å². The van der Waals surface area contributed by atoms with Gasteiger partial charge < -0.3 is 14.7 Å². The van der Waals surface area contributed by atoms with Gasteiger partial charge in [0.2, 0.25) is 17.6 Å². The molecule has 1 amide bonds. The van der Waals surface area contributed by atoms with Crippen LogP contribution in [0.4, 0.5) is 0 Å². The van der Waals surface area contributed by atoms with Gasteiger partial charge in [-0.1, -0.05) is 35.3 Å². The van der Waals surface area contributed by atoms with E-state index in [0.29, 0.717) is 18.3 Å². The predicted octanol–water partition coefficient (Wildman–Crippen LogP) is 3.25. The molecule has 31 heavy (non-hydrogen) atoms. The maximum Gasteiger partial charge on any atom is 0.241 e. The molecule has 0 aliphatic carbocycles. The average Bonchev–Trinajstić information content (AvgIpc) is 3.26. The Labute approximate surface area is 185 Å². The van der Waals surface area contributed by atoms with E-state index in [1.165, 1.54) is 37.9 Å². The lowest BCUT2D eigenvalue weighted by atomic mass is 9.97. The van der Waals surface area contributed by atoms with Gasteiger partial charge >= 0.3 is 0 Å². The van der Waals surface area contributed by atoms with Crippen LogP contribution in [0.25, 0.3) is 11.4 Å². The maximum atomic E-state index is 12.7. The van der Waals surface area contributed by atoms with Gasteiger partial charge in [-0.2, -0.15) is 4.98 Å². The van der Waals surface area contributed by atoms with E-state index in [1.54, 1.807) is 0 Å². The van der Waals surface area contributed by atoms with Crippen LogP contribution in [-0.4, -0.2) is 65.1 Å². The Balaban J connectivity index is 1.21. The maximum absolute atomic E-state index is 12.7. The summed E-state index contributed by atoms with van der Waals surface area (Å²) in [7, 11) is 0. The number of benzene rings is 1. The number of piperidine rings is 2. The summed E-state index contributed by atoms with van der Waals surface area (Å²) in [5.74, 6) is 1.47. The summed E-state index contributed by atoms with van der Waals surface area (Å²) in [6, 6.07) is 8.10. The first-order valence-corrected chi connectivity index (χ1v) is 11.8. The van der Waals surface area contributed by atoms with Gasteiger partial charge in [0.05, 0.1) is 12.5 Å². The van der Waals surface area contributed by atoms with E-state index in [2.05, 4.69) is 44.3 Å². The standard InChI is InChI=1S/C24H35N5O2/c1-19-8-5-9-20(16-19)23-26-22(31-27-23)18-29-14-6-10-21(17-29)24(30)25-11-7-15-28-12-3-2-4-13-28/h5,8-9,16,21H,2-4,6-7,10-15,17-18H2,1H3,(H,25,30). The minimum atomic E-state index is 0.0444. The van der Waals surface area contributed by atoms with Gasteiger partial charge in [0.15, 0.2) is 0 Å². The summed E-state index contributed by atoms with van der Waals surface area (Å²) in [5.41, 5.74) is 2.14. The fraction of sp³-hybridized carbons (Fsp3) is 0.625. The number of likely N-dealkylation sites (tertiary alicyclic amines) is 2. The Kier molecular flexibility index (Phi) is 7.70. The van der Waals surface area contributed by atoms with Crippen LogP contribution in [0.5, 0.6) is 0 Å². The van der Waals surface area contributed by atoms with Crippen LogP contribution in [0.2, 0.25) is 0 Å². The van der Waals surface area contributed by atoms with Crippen LogP contribution < -0.4 is 5.32 Å². The number of nitrogens with zero attached hydrogens (tertiary/aromatic N) is 4. The molecule has 4 rings (SSSR count). The lowest BCUT2D eigenvalue weighted by Gasteiger charge is -2.31. The van der Waals surface area contributed by atoms with Gasteiger partial charge in [-0.3, -0.25) is 9.69 Å². The van der Waals surface area contributed by atoms with E-state index in [0.717, 1.165) is 51.0 Å². The van der Waals surface area contributed by atoms with Gasteiger partial charge in [0.25, 0.3) is 0 Å². The second-order valence-corrected chi connectivity index (χ2v) is 9.00. The van der Waals surface area contributed by atoms with E-state index in [1.807, 2.05) is 12.1 Å². The molecule has 0 bridgehead atoms. The molecule has 1 aromatic carbocycles. The van der Waals surface area contributed by atoms with Crippen molar-refractivity contribution in [3.63, 3.8) is 0 Å². The summed E-state index contributed by atoms with van der Waals surface area (Å²) in [6.07, 6.45) is 7.00. The third kappa shape index (κ3) is 6.37. The SMILES string of the molecule is Cc1cccc(-c2noc(CN3CCCC(C(=O)NCCCN4CCCCC4)C3)n2)c1. The molecule has 2 aromatic rings. The van der Waals surface area contributed by atoms with E-state index in [9.17, 15) is 4.79 Å². The van der Waals surface area contributed by atoms with Crippen LogP contribution >= 0.6 is 0 Å². The number of aromatic nitrogens is 2. The Morgan fingerprint density at radius 1 is 1.16 bits per heavy atom. The van der Waals surface area contributed by atoms with Gasteiger partial charge in [0, 0.05) is 18.7 Å². The molecular formula is C24H35N5O2. The lowest BCUT2D eigenvalue weighted by Crippen LogP contribution is -2.43. The number of carbonyl (C=O) groups is 1. The summed E-state index contributed by atoms with van der Waals surface area (Å²) < 4.78 is 5.49. The van der Waals surface area contributed by atoms with Crippen LogP contribution in [0.15, 0.2) is 28.8 Å². The average molecular weight is 426 g/mol. The van der Waals surface area contributed by atoms with Crippen LogP contribution in [0, 0.1) is 12.8 Å². The highest BCUT2D eigenvalue weighted by Gasteiger charge is 2.26. The first kappa shape index (κ1) is 22.0. The number of rotatable bonds is 8. The van der Waals surface area contributed by atoms with E-state index in [4.69, 9.17) is 4.52 Å². The quantitative estimate of drug-likeness (QED) is 0.655. The van der Waals surface area contributed by atoms with Crippen LogP contribution in [0.1, 0.15) is 50.0 Å². The molecule has 1 aromatic heterocycles. The fourth-order valence-corrected chi connectivity index (χ4v) is 4.67. The van der Waals surface area contributed by atoms with Gasteiger partial charge in [0.1, 0.15) is 0 Å². The van der Waals surface area contributed by atoms with E-state index in [-0.39, 0.29) is 11.8 Å². The smallest absolute Gasteiger partial charge is 0.241 e. The van der Waals surface area contributed by atoms with Gasteiger partial charge in [-0.05, 0) is 71.3 Å². The van der Waals surface area contributed by atoms with Crippen molar-refractivity contribution in [2.24, 2.45) is 5.92 Å².